The van der Waals surface area contributed by atoms with Crippen molar-refractivity contribution >= 4 is 50.7 Å². The maximum atomic E-state index is 12.5. The van der Waals surface area contributed by atoms with Gasteiger partial charge in [-0.1, -0.05) is 24.8 Å². The molecule has 0 saturated carbocycles. The molecule has 3 aromatic rings. The summed E-state index contributed by atoms with van der Waals surface area (Å²) in [6.07, 6.45) is 1.46. The Labute approximate surface area is 202 Å². The Morgan fingerprint density at radius 1 is 1.00 bits per heavy atom. The fourth-order valence-corrected chi connectivity index (χ4v) is 4.27. The number of nitrogens with one attached hydrogen (secondary N) is 3. The highest BCUT2D eigenvalue weighted by Gasteiger charge is 2.14. The van der Waals surface area contributed by atoms with Gasteiger partial charge in [0.05, 0.1) is 12.0 Å². The summed E-state index contributed by atoms with van der Waals surface area (Å²) >= 11 is 1.24. The van der Waals surface area contributed by atoms with Crippen molar-refractivity contribution in [2.45, 2.75) is 25.4 Å². The first-order valence-electron chi connectivity index (χ1n) is 10.4. The molecular weight excluding hydrogens is 476 g/mol. The van der Waals surface area contributed by atoms with Gasteiger partial charge in [-0.3, -0.25) is 14.3 Å². The van der Waals surface area contributed by atoms with E-state index >= 15 is 0 Å². The number of carbonyl (C=O) groups excluding carboxylic acids is 2. The molecule has 2 amide bonds. The molecule has 10 nitrogen and oxygen atoms in total. The van der Waals surface area contributed by atoms with Crippen molar-refractivity contribution < 1.29 is 18.0 Å². The highest BCUT2D eigenvalue weighted by molar-refractivity contribution is 7.99. The zero-order chi connectivity index (χ0) is 24.9. The molecule has 3 rings (SSSR count). The van der Waals surface area contributed by atoms with Gasteiger partial charge in [0, 0.05) is 36.1 Å². The van der Waals surface area contributed by atoms with Crippen LogP contribution >= 0.6 is 11.8 Å². The smallest absolute Gasteiger partial charge is 0.234 e. The van der Waals surface area contributed by atoms with Gasteiger partial charge in [0.15, 0.2) is 11.0 Å². The van der Waals surface area contributed by atoms with Crippen LogP contribution in [0.3, 0.4) is 0 Å². The Kier molecular flexibility index (Phi) is 7.94. The lowest BCUT2D eigenvalue weighted by atomic mass is 10.1. The molecule has 1 aromatic heterocycles. The molecule has 0 radical (unpaired) electrons. The Hall–Kier alpha value is -3.38. The normalized spacial score (nSPS) is 11.2. The number of aromatic nitrogens is 3. The summed E-state index contributed by atoms with van der Waals surface area (Å²) in [6, 6.07) is 12.1. The van der Waals surface area contributed by atoms with Gasteiger partial charge in [0.2, 0.25) is 21.8 Å². The van der Waals surface area contributed by atoms with E-state index in [1.54, 1.807) is 54.9 Å². The summed E-state index contributed by atoms with van der Waals surface area (Å²) < 4.78 is 26.9. The fraction of sp³-hybridized carbons (Fsp3) is 0.273. The zero-order valence-corrected chi connectivity index (χ0v) is 20.9. The third kappa shape index (κ3) is 6.81. The van der Waals surface area contributed by atoms with Gasteiger partial charge in [-0.15, -0.1) is 10.2 Å². The molecule has 0 saturated heterocycles. The topological polar surface area (TPSA) is 135 Å². The predicted octanol–water partition coefficient (Wildman–Crippen LogP) is 3.24. The van der Waals surface area contributed by atoms with Crippen LogP contribution in [-0.2, 0) is 26.7 Å². The lowest BCUT2D eigenvalue weighted by Gasteiger charge is -2.11. The molecule has 0 bridgehead atoms. The van der Waals surface area contributed by atoms with Crippen LogP contribution in [0.15, 0.2) is 47.6 Å². The molecular formula is C22H26N6O4S2. The number of hydrogen-bond donors (Lipinski definition) is 3. The monoisotopic (exact) mass is 502 g/mol. The summed E-state index contributed by atoms with van der Waals surface area (Å²) in [5.41, 5.74) is 3.36. The van der Waals surface area contributed by atoms with Crippen molar-refractivity contribution in [1.82, 2.24) is 14.8 Å². The van der Waals surface area contributed by atoms with Gasteiger partial charge in [0.25, 0.3) is 0 Å². The maximum absolute atomic E-state index is 12.5. The molecule has 0 atom stereocenters. The van der Waals surface area contributed by atoms with Crippen LogP contribution in [0.1, 0.15) is 18.9 Å². The quantitative estimate of drug-likeness (QED) is 0.382. The molecule has 3 N–H and O–H groups in total. The minimum atomic E-state index is -3.35. The highest BCUT2D eigenvalue weighted by Crippen LogP contribution is 2.25. The van der Waals surface area contributed by atoms with Gasteiger partial charge in [0.1, 0.15) is 0 Å². The van der Waals surface area contributed by atoms with E-state index in [0.717, 1.165) is 17.4 Å². The largest absolute Gasteiger partial charge is 0.326 e. The molecule has 0 aliphatic heterocycles. The average Bonchev–Trinajstić information content (AvgIpc) is 3.14. The molecule has 0 aliphatic rings. The number of nitrogens with zero attached hydrogens (tertiary/aromatic N) is 3. The van der Waals surface area contributed by atoms with Crippen LogP contribution in [0.2, 0.25) is 0 Å². The SMILES string of the molecule is CCC(=O)Nc1cc(NC(=O)CSc2nnc(-c3ccc(NS(C)(=O)=O)cc3)n2C)ccc1C. The van der Waals surface area contributed by atoms with Gasteiger partial charge in [-0.05, 0) is 48.9 Å². The average molecular weight is 503 g/mol. The molecule has 180 valence electrons. The summed E-state index contributed by atoms with van der Waals surface area (Å²) in [7, 11) is -1.56. The van der Waals surface area contributed by atoms with Crippen molar-refractivity contribution in [3.05, 3.63) is 48.0 Å². The van der Waals surface area contributed by atoms with Crippen molar-refractivity contribution in [2.24, 2.45) is 7.05 Å². The van der Waals surface area contributed by atoms with Gasteiger partial charge in [-0.2, -0.15) is 0 Å². The van der Waals surface area contributed by atoms with Crippen molar-refractivity contribution in [1.29, 1.82) is 0 Å². The first-order valence-corrected chi connectivity index (χ1v) is 13.2. The van der Waals surface area contributed by atoms with Crippen LogP contribution in [0.4, 0.5) is 17.1 Å². The molecule has 0 spiro atoms. The molecule has 0 unspecified atom stereocenters. The minimum absolute atomic E-state index is 0.0958. The molecule has 0 fully saturated rings. The van der Waals surface area contributed by atoms with E-state index in [1.165, 1.54) is 11.8 Å². The van der Waals surface area contributed by atoms with Crippen LogP contribution in [-0.4, -0.2) is 47.0 Å². The maximum Gasteiger partial charge on any atom is 0.234 e. The Morgan fingerprint density at radius 2 is 1.68 bits per heavy atom. The summed E-state index contributed by atoms with van der Waals surface area (Å²) in [6.45, 7) is 3.66. The van der Waals surface area contributed by atoms with Crippen molar-refractivity contribution in [2.75, 3.05) is 27.4 Å². The van der Waals surface area contributed by atoms with Gasteiger partial charge >= 0.3 is 0 Å². The second-order valence-corrected chi connectivity index (χ2v) is 10.3. The highest BCUT2D eigenvalue weighted by atomic mass is 32.2. The molecule has 34 heavy (non-hydrogen) atoms. The van der Waals surface area contributed by atoms with Crippen LogP contribution in [0.25, 0.3) is 11.4 Å². The van der Waals surface area contributed by atoms with Crippen molar-refractivity contribution in [3.63, 3.8) is 0 Å². The first kappa shape index (κ1) is 25.2. The number of hydrogen-bond acceptors (Lipinski definition) is 7. The molecule has 2 aromatic carbocycles. The fourth-order valence-electron chi connectivity index (χ4n) is 2.99. The third-order valence-electron chi connectivity index (χ3n) is 4.73. The van der Waals surface area contributed by atoms with E-state index < -0.39 is 10.0 Å². The van der Waals surface area contributed by atoms with Gasteiger partial charge < -0.3 is 15.2 Å². The third-order valence-corrected chi connectivity index (χ3v) is 6.36. The predicted molar refractivity (Wildman–Crippen MR) is 134 cm³/mol. The van der Waals surface area contributed by atoms with Gasteiger partial charge in [-0.25, -0.2) is 8.42 Å². The number of sulfonamides is 1. The zero-order valence-electron chi connectivity index (χ0n) is 19.2. The molecule has 12 heteroatoms. The summed E-state index contributed by atoms with van der Waals surface area (Å²) in [4.78, 5) is 24.2. The lowest BCUT2D eigenvalue weighted by Crippen LogP contribution is -2.15. The minimum Gasteiger partial charge on any atom is -0.326 e. The second kappa shape index (κ2) is 10.7. The second-order valence-electron chi connectivity index (χ2n) is 7.59. The summed E-state index contributed by atoms with van der Waals surface area (Å²) in [5, 5.41) is 14.6. The number of carbonyl (C=O) groups is 2. The van der Waals surface area contributed by atoms with E-state index in [1.807, 2.05) is 13.0 Å². The number of rotatable bonds is 9. The molecule has 1 heterocycles. The first-order chi connectivity index (χ1) is 16.1. The molecule has 0 aliphatic carbocycles. The van der Waals surface area contributed by atoms with Crippen molar-refractivity contribution in [3.8, 4) is 11.4 Å². The standard InChI is InChI=1S/C22H26N6O4S2/c1-5-19(29)24-18-12-17(9-6-14(18)2)23-20(30)13-33-22-26-25-21(28(22)3)15-7-10-16(11-8-15)27-34(4,31)32/h6-12,27H,5,13H2,1-4H3,(H,23,30)(H,24,29). The number of benzene rings is 2. The Morgan fingerprint density at radius 3 is 2.32 bits per heavy atom. The number of thioether (sulfide) groups is 1. The van der Waals surface area contributed by atoms with E-state index in [4.69, 9.17) is 0 Å². The Bertz CT molecular complexity index is 1300. The number of anilines is 3. The van der Waals surface area contributed by atoms with E-state index in [0.29, 0.717) is 34.5 Å². The van der Waals surface area contributed by atoms with E-state index in [9.17, 15) is 18.0 Å². The Balaban J connectivity index is 1.62. The van der Waals surface area contributed by atoms with E-state index in [-0.39, 0.29) is 17.6 Å². The number of aryl methyl sites for hydroxylation is 1. The van der Waals surface area contributed by atoms with Crippen LogP contribution < -0.4 is 15.4 Å². The summed E-state index contributed by atoms with van der Waals surface area (Å²) in [5.74, 6) is 0.390. The van der Waals surface area contributed by atoms with Crippen LogP contribution in [0.5, 0.6) is 0 Å². The lowest BCUT2D eigenvalue weighted by molar-refractivity contribution is -0.116. The number of amides is 2. The van der Waals surface area contributed by atoms with E-state index in [2.05, 4.69) is 25.6 Å². The van der Waals surface area contributed by atoms with Crippen LogP contribution in [0, 0.1) is 6.92 Å².